The zero-order chi connectivity index (χ0) is 13.7. The molecular weight excluding hydrogens is 256 g/mol. The Morgan fingerprint density at radius 2 is 2.16 bits per heavy atom. The first-order valence-corrected chi connectivity index (χ1v) is 7.82. The highest BCUT2D eigenvalue weighted by Crippen LogP contribution is 2.14. The van der Waals surface area contributed by atoms with E-state index in [0.29, 0.717) is 6.04 Å². The third-order valence-corrected chi connectivity index (χ3v) is 3.99. The van der Waals surface area contributed by atoms with E-state index < -0.39 is 0 Å². The van der Waals surface area contributed by atoms with Crippen molar-refractivity contribution in [1.82, 2.24) is 4.98 Å². The Kier molecular flexibility index (Phi) is 4.91. The number of H-pyrrole nitrogens is 1. The molecular formula is C15H20N2OS. The summed E-state index contributed by atoms with van der Waals surface area (Å²) in [5.41, 5.74) is -0.0317. The molecule has 0 aliphatic carbocycles. The minimum absolute atomic E-state index is 0.0317. The molecule has 2 aromatic rings. The number of thioether (sulfide) groups is 1. The van der Waals surface area contributed by atoms with Gasteiger partial charge in [0.2, 0.25) is 0 Å². The zero-order valence-corrected chi connectivity index (χ0v) is 12.2. The van der Waals surface area contributed by atoms with Crippen molar-refractivity contribution in [3.63, 3.8) is 0 Å². The molecule has 0 bridgehead atoms. The van der Waals surface area contributed by atoms with Crippen molar-refractivity contribution in [2.45, 2.75) is 26.3 Å². The molecule has 102 valence electrons. The molecule has 2 rings (SSSR count). The SMILES string of the molecule is CCSCCC(C)Nc1cc2ccccc2c(=O)[nH]1. The molecule has 2 N–H and O–H groups in total. The zero-order valence-electron chi connectivity index (χ0n) is 11.4. The number of rotatable bonds is 6. The predicted molar refractivity (Wildman–Crippen MR) is 85.3 cm³/mol. The number of aromatic nitrogens is 1. The molecule has 0 saturated carbocycles. The predicted octanol–water partition coefficient (Wildman–Crippen LogP) is 3.47. The van der Waals surface area contributed by atoms with Crippen LogP contribution in [0.4, 0.5) is 5.82 Å². The quantitative estimate of drug-likeness (QED) is 0.794. The number of fused-ring (bicyclic) bond motifs is 1. The van der Waals surface area contributed by atoms with Crippen LogP contribution in [0.1, 0.15) is 20.3 Å². The maximum Gasteiger partial charge on any atom is 0.257 e. The maximum absolute atomic E-state index is 11.9. The van der Waals surface area contributed by atoms with E-state index in [2.05, 4.69) is 24.1 Å². The van der Waals surface area contributed by atoms with Crippen LogP contribution in [0.5, 0.6) is 0 Å². The molecule has 3 nitrogen and oxygen atoms in total. The molecule has 0 saturated heterocycles. The first-order valence-electron chi connectivity index (χ1n) is 6.67. The summed E-state index contributed by atoms with van der Waals surface area (Å²) in [6.07, 6.45) is 1.09. The van der Waals surface area contributed by atoms with Crippen molar-refractivity contribution in [1.29, 1.82) is 0 Å². The van der Waals surface area contributed by atoms with Crippen molar-refractivity contribution < 1.29 is 0 Å². The monoisotopic (exact) mass is 276 g/mol. The van der Waals surface area contributed by atoms with E-state index in [1.54, 1.807) is 0 Å². The van der Waals surface area contributed by atoms with Gasteiger partial charge in [-0.3, -0.25) is 4.79 Å². The molecule has 4 heteroatoms. The summed E-state index contributed by atoms with van der Waals surface area (Å²) < 4.78 is 0. The van der Waals surface area contributed by atoms with Gasteiger partial charge in [-0.15, -0.1) is 0 Å². The van der Waals surface area contributed by atoms with Gasteiger partial charge in [-0.2, -0.15) is 11.8 Å². The summed E-state index contributed by atoms with van der Waals surface area (Å²) in [6.45, 7) is 4.31. The maximum atomic E-state index is 11.9. The topological polar surface area (TPSA) is 44.9 Å². The normalized spacial score (nSPS) is 12.5. The Morgan fingerprint density at radius 3 is 2.95 bits per heavy atom. The molecule has 0 aliphatic rings. The molecule has 1 aromatic carbocycles. The Balaban J connectivity index is 2.11. The fourth-order valence-corrected chi connectivity index (χ4v) is 2.84. The van der Waals surface area contributed by atoms with Crippen molar-refractivity contribution in [2.24, 2.45) is 0 Å². The first kappa shape index (κ1) is 14.0. The standard InChI is InChI=1S/C15H20N2OS/c1-3-19-9-8-11(2)16-14-10-12-6-4-5-7-13(12)15(18)17-14/h4-7,10-11H,3,8-9H2,1-2H3,(H2,16,17,18). The lowest BCUT2D eigenvalue weighted by Gasteiger charge is -2.15. The average Bonchev–Trinajstić information content (AvgIpc) is 2.39. The van der Waals surface area contributed by atoms with Crippen molar-refractivity contribution >= 4 is 28.4 Å². The van der Waals surface area contributed by atoms with Crippen LogP contribution < -0.4 is 10.9 Å². The second-order valence-electron chi connectivity index (χ2n) is 4.63. The van der Waals surface area contributed by atoms with Crippen LogP contribution in [0.3, 0.4) is 0 Å². The van der Waals surface area contributed by atoms with E-state index in [1.807, 2.05) is 42.1 Å². The smallest absolute Gasteiger partial charge is 0.257 e. The Labute approximate surface area is 117 Å². The number of pyridine rings is 1. The molecule has 0 aliphatic heterocycles. The molecule has 1 unspecified atom stereocenters. The summed E-state index contributed by atoms with van der Waals surface area (Å²) in [5, 5.41) is 5.08. The van der Waals surface area contributed by atoms with E-state index in [0.717, 1.165) is 34.5 Å². The molecule has 1 atom stereocenters. The van der Waals surface area contributed by atoms with Gasteiger partial charge in [-0.05, 0) is 42.4 Å². The van der Waals surface area contributed by atoms with Gasteiger partial charge < -0.3 is 10.3 Å². The number of benzene rings is 1. The molecule has 0 spiro atoms. The van der Waals surface area contributed by atoms with Gasteiger partial charge in [-0.25, -0.2) is 0 Å². The Bertz CT molecular complexity index is 594. The number of aromatic amines is 1. The third-order valence-electron chi connectivity index (χ3n) is 3.05. The minimum Gasteiger partial charge on any atom is -0.369 e. The summed E-state index contributed by atoms with van der Waals surface area (Å²) in [6, 6.07) is 10.0. The summed E-state index contributed by atoms with van der Waals surface area (Å²) >= 11 is 1.94. The van der Waals surface area contributed by atoms with E-state index >= 15 is 0 Å². The molecule has 1 heterocycles. The van der Waals surface area contributed by atoms with Crippen LogP contribution in [-0.4, -0.2) is 22.5 Å². The minimum atomic E-state index is -0.0317. The van der Waals surface area contributed by atoms with Crippen molar-refractivity contribution in [2.75, 3.05) is 16.8 Å². The fraction of sp³-hybridized carbons (Fsp3) is 0.400. The van der Waals surface area contributed by atoms with E-state index in [4.69, 9.17) is 0 Å². The van der Waals surface area contributed by atoms with Gasteiger partial charge in [0.15, 0.2) is 0 Å². The second-order valence-corrected chi connectivity index (χ2v) is 6.02. The highest BCUT2D eigenvalue weighted by molar-refractivity contribution is 7.99. The van der Waals surface area contributed by atoms with Crippen LogP contribution in [-0.2, 0) is 0 Å². The van der Waals surface area contributed by atoms with Crippen LogP contribution in [0.25, 0.3) is 10.8 Å². The molecule has 0 fully saturated rings. The van der Waals surface area contributed by atoms with E-state index in [9.17, 15) is 4.79 Å². The van der Waals surface area contributed by atoms with E-state index in [1.165, 1.54) is 0 Å². The lowest BCUT2D eigenvalue weighted by atomic mass is 10.1. The highest BCUT2D eigenvalue weighted by Gasteiger charge is 2.05. The molecule has 1 aromatic heterocycles. The number of nitrogens with one attached hydrogen (secondary N) is 2. The summed E-state index contributed by atoms with van der Waals surface area (Å²) in [4.78, 5) is 14.8. The van der Waals surface area contributed by atoms with Gasteiger partial charge in [0.1, 0.15) is 5.82 Å². The van der Waals surface area contributed by atoms with Gasteiger partial charge >= 0.3 is 0 Å². The van der Waals surface area contributed by atoms with Gasteiger partial charge in [-0.1, -0.05) is 25.1 Å². The molecule has 0 radical (unpaired) electrons. The Hall–Kier alpha value is -1.42. The van der Waals surface area contributed by atoms with Gasteiger partial charge in [0, 0.05) is 11.4 Å². The van der Waals surface area contributed by atoms with Crippen LogP contribution >= 0.6 is 11.8 Å². The Morgan fingerprint density at radius 1 is 1.37 bits per heavy atom. The summed E-state index contributed by atoms with van der Waals surface area (Å²) in [5.74, 6) is 3.10. The van der Waals surface area contributed by atoms with Crippen LogP contribution in [0, 0.1) is 0 Å². The molecule has 0 amide bonds. The van der Waals surface area contributed by atoms with Crippen LogP contribution in [0.15, 0.2) is 35.1 Å². The lowest BCUT2D eigenvalue weighted by molar-refractivity contribution is 0.766. The molecule has 19 heavy (non-hydrogen) atoms. The van der Waals surface area contributed by atoms with E-state index in [-0.39, 0.29) is 5.56 Å². The van der Waals surface area contributed by atoms with Crippen molar-refractivity contribution in [3.05, 3.63) is 40.7 Å². The third kappa shape index (κ3) is 3.77. The number of hydrogen-bond acceptors (Lipinski definition) is 3. The first-order chi connectivity index (χ1) is 9.20. The fourth-order valence-electron chi connectivity index (χ4n) is 2.03. The number of hydrogen-bond donors (Lipinski definition) is 2. The largest absolute Gasteiger partial charge is 0.369 e. The van der Waals surface area contributed by atoms with Crippen molar-refractivity contribution in [3.8, 4) is 0 Å². The number of anilines is 1. The lowest BCUT2D eigenvalue weighted by Crippen LogP contribution is -2.19. The highest BCUT2D eigenvalue weighted by atomic mass is 32.2. The van der Waals surface area contributed by atoms with Crippen LogP contribution in [0.2, 0.25) is 0 Å². The second kappa shape index (κ2) is 6.66. The van der Waals surface area contributed by atoms with Gasteiger partial charge in [0.25, 0.3) is 5.56 Å². The van der Waals surface area contributed by atoms with Gasteiger partial charge in [0.05, 0.1) is 0 Å². The average molecular weight is 276 g/mol. The summed E-state index contributed by atoms with van der Waals surface area (Å²) in [7, 11) is 0.